The minimum absolute atomic E-state index is 0.0155. The molecule has 1 aliphatic heterocycles. The molecule has 5 nitrogen and oxygen atoms in total. The molecule has 5 heteroatoms. The number of carbonyl (C=O) groups is 1. The van der Waals surface area contributed by atoms with Crippen LogP contribution in [0.4, 0.5) is 0 Å². The van der Waals surface area contributed by atoms with E-state index in [2.05, 4.69) is 17.5 Å². The molecule has 0 radical (unpaired) electrons. The predicted molar refractivity (Wildman–Crippen MR) is 114 cm³/mol. The SMILES string of the molecule is COc1cccc(C2C(C#N)=C(C)NC3=CC(c4ccccc4)CC(=O)C32)c1OC. The first-order valence-electron chi connectivity index (χ1n) is 9.97. The van der Waals surface area contributed by atoms with Crippen molar-refractivity contribution in [3.63, 3.8) is 0 Å². The molecule has 4 rings (SSSR count). The molecule has 3 unspecified atom stereocenters. The van der Waals surface area contributed by atoms with Crippen molar-refractivity contribution in [1.29, 1.82) is 5.26 Å². The smallest absolute Gasteiger partial charge is 0.164 e. The van der Waals surface area contributed by atoms with Gasteiger partial charge < -0.3 is 14.8 Å². The maximum absolute atomic E-state index is 13.4. The molecule has 3 atom stereocenters. The van der Waals surface area contributed by atoms with Gasteiger partial charge in [-0.1, -0.05) is 48.5 Å². The van der Waals surface area contributed by atoms with Gasteiger partial charge in [0, 0.05) is 35.2 Å². The number of hydrogen-bond acceptors (Lipinski definition) is 5. The van der Waals surface area contributed by atoms with Crippen molar-refractivity contribution >= 4 is 5.78 Å². The Morgan fingerprint density at radius 2 is 1.80 bits per heavy atom. The first-order valence-corrected chi connectivity index (χ1v) is 9.97. The summed E-state index contributed by atoms with van der Waals surface area (Å²) in [5.41, 5.74) is 4.07. The van der Waals surface area contributed by atoms with Gasteiger partial charge in [-0.05, 0) is 18.6 Å². The fourth-order valence-electron chi connectivity index (χ4n) is 4.62. The number of methoxy groups -OCH3 is 2. The third-order valence-electron chi connectivity index (χ3n) is 5.98. The van der Waals surface area contributed by atoms with Gasteiger partial charge in [0.15, 0.2) is 11.5 Å². The van der Waals surface area contributed by atoms with Crippen LogP contribution in [-0.2, 0) is 4.79 Å². The van der Waals surface area contributed by atoms with Gasteiger partial charge in [-0.25, -0.2) is 0 Å². The number of allylic oxidation sites excluding steroid dienone is 4. The van der Waals surface area contributed by atoms with Gasteiger partial charge >= 0.3 is 0 Å². The lowest BCUT2D eigenvalue weighted by Gasteiger charge is -2.39. The Hall–Kier alpha value is -3.52. The average molecular weight is 400 g/mol. The molecule has 0 aromatic heterocycles. The number of para-hydroxylation sites is 1. The van der Waals surface area contributed by atoms with E-state index in [9.17, 15) is 10.1 Å². The monoisotopic (exact) mass is 400 g/mol. The summed E-state index contributed by atoms with van der Waals surface area (Å²) in [7, 11) is 3.16. The highest BCUT2D eigenvalue weighted by atomic mass is 16.5. The first kappa shape index (κ1) is 19.8. The number of rotatable bonds is 4. The fourth-order valence-corrected chi connectivity index (χ4v) is 4.62. The predicted octanol–water partition coefficient (Wildman–Crippen LogP) is 4.44. The van der Waals surface area contributed by atoms with E-state index in [1.54, 1.807) is 14.2 Å². The Morgan fingerprint density at radius 1 is 1.03 bits per heavy atom. The first-order chi connectivity index (χ1) is 14.6. The van der Waals surface area contributed by atoms with Gasteiger partial charge in [0.25, 0.3) is 0 Å². The number of fused-ring (bicyclic) bond motifs is 1. The number of nitriles is 1. The van der Waals surface area contributed by atoms with Gasteiger partial charge in [-0.2, -0.15) is 5.26 Å². The highest BCUT2D eigenvalue weighted by molar-refractivity contribution is 5.89. The standard InChI is InChI=1S/C25H24N2O3/c1-15-19(14-26)23(18-10-7-11-22(29-2)25(18)30-3)24-20(27-15)12-17(13-21(24)28)16-8-5-4-6-9-16/h4-12,17,23-24,27H,13H2,1-3H3. The van der Waals surface area contributed by atoms with Crippen molar-refractivity contribution in [1.82, 2.24) is 5.32 Å². The Morgan fingerprint density at radius 3 is 2.47 bits per heavy atom. The molecule has 0 saturated carbocycles. The molecule has 1 N–H and O–H groups in total. The maximum Gasteiger partial charge on any atom is 0.164 e. The number of Topliss-reactive ketones (excluding diaryl/α,β-unsaturated/α-hetero) is 1. The number of nitrogens with one attached hydrogen (secondary N) is 1. The van der Waals surface area contributed by atoms with Crippen molar-refractivity contribution in [2.24, 2.45) is 5.92 Å². The van der Waals surface area contributed by atoms with E-state index in [1.807, 2.05) is 55.5 Å². The van der Waals surface area contributed by atoms with Crippen molar-refractivity contribution < 1.29 is 14.3 Å². The second-order valence-corrected chi connectivity index (χ2v) is 7.62. The largest absolute Gasteiger partial charge is 0.493 e. The molecule has 30 heavy (non-hydrogen) atoms. The van der Waals surface area contributed by atoms with Crippen LogP contribution >= 0.6 is 0 Å². The maximum atomic E-state index is 13.4. The van der Waals surface area contributed by atoms with Crippen LogP contribution in [-0.4, -0.2) is 20.0 Å². The lowest BCUT2D eigenvalue weighted by molar-refractivity contribution is -0.123. The molecule has 0 saturated heterocycles. The van der Waals surface area contributed by atoms with E-state index in [-0.39, 0.29) is 11.7 Å². The summed E-state index contributed by atoms with van der Waals surface area (Å²) in [4.78, 5) is 13.4. The number of carbonyl (C=O) groups excluding carboxylic acids is 1. The van der Waals surface area contributed by atoms with Crippen LogP contribution in [0.25, 0.3) is 0 Å². The molecule has 0 amide bonds. The minimum Gasteiger partial charge on any atom is -0.493 e. The third kappa shape index (κ3) is 3.25. The van der Waals surface area contributed by atoms with Crippen LogP contribution in [0.1, 0.15) is 36.3 Å². The van der Waals surface area contributed by atoms with Crippen LogP contribution in [0.3, 0.4) is 0 Å². The molecule has 2 aliphatic rings. The van der Waals surface area contributed by atoms with Crippen molar-refractivity contribution in [2.75, 3.05) is 14.2 Å². The average Bonchev–Trinajstić information content (AvgIpc) is 2.77. The second kappa shape index (κ2) is 8.08. The van der Waals surface area contributed by atoms with Gasteiger partial charge in [-0.3, -0.25) is 4.79 Å². The Bertz CT molecular complexity index is 1080. The zero-order valence-corrected chi connectivity index (χ0v) is 17.3. The molecule has 0 fully saturated rings. The highest BCUT2D eigenvalue weighted by Gasteiger charge is 2.44. The van der Waals surface area contributed by atoms with Gasteiger partial charge in [0.2, 0.25) is 0 Å². The summed E-state index contributed by atoms with van der Waals surface area (Å²) >= 11 is 0. The van der Waals surface area contributed by atoms with Gasteiger partial charge in [-0.15, -0.1) is 0 Å². The third-order valence-corrected chi connectivity index (χ3v) is 5.98. The second-order valence-electron chi connectivity index (χ2n) is 7.62. The summed E-state index contributed by atoms with van der Waals surface area (Å²) in [5.74, 6) is 0.399. The number of ether oxygens (including phenoxy) is 2. The molecular formula is C25H24N2O3. The molecule has 2 aromatic carbocycles. The lowest BCUT2D eigenvalue weighted by Crippen LogP contribution is -2.40. The summed E-state index contributed by atoms with van der Waals surface area (Å²) in [6.45, 7) is 1.88. The Labute approximate surface area is 176 Å². The van der Waals surface area contributed by atoms with Crippen LogP contribution in [0.15, 0.2) is 71.6 Å². The molecule has 1 aliphatic carbocycles. The minimum atomic E-state index is -0.454. The van der Waals surface area contributed by atoms with Crippen LogP contribution in [0.2, 0.25) is 0 Å². The Kier molecular flexibility index (Phi) is 5.33. The van der Waals surface area contributed by atoms with E-state index in [1.165, 1.54) is 0 Å². The van der Waals surface area contributed by atoms with Crippen LogP contribution in [0, 0.1) is 17.2 Å². The van der Waals surface area contributed by atoms with E-state index < -0.39 is 11.8 Å². The summed E-state index contributed by atoms with van der Waals surface area (Å²) in [6, 6.07) is 18.0. The zero-order chi connectivity index (χ0) is 21.3. The molecular weight excluding hydrogens is 376 g/mol. The number of ketones is 1. The number of benzene rings is 2. The lowest BCUT2D eigenvalue weighted by atomic mass is 9.68. The fraction of sp³-hybridized carbons (Fsp3) is 0.280. The molecule has 152 valence electrons. The molecule has 0 bridgehead atoms. The van der Waals surface area contributed by atoms with Crippen molar-refractivity contribution in [3.8, 4) is 17.6 Å². The normalized spacial score (nSPS) is 23.1. The molecule has 0 spiro atoms. The van der Waals surface area contributed by atoms with Gasteiger partial charge in [0.1, 0.15) is 5.78 Å². The van der Waals surface area contributed by atoms with Crippen molar-refractivity contribution in [3.05, 3.63) is 82.7 Å². The summed E-state index contributed by atoms with van der Waals surface area (Å²) in [6.07, 6.45) is 2.54. The zero-order valence-electron chi connectivity index (χ0n) is 17.3. The van der Waals surface area contributed by atoms with Crippen LogP contribution in [0.5, 0.6) is 11.5 Å². The number of hydrogen-bond donors (Lipinski definition) is 1. The van der Waals surface area contributed by atoms with E-state index in [0.717, 1.165) is 22.5 Å². The van der Waals surface area contributed by atoms with E-state index in [0.29, 0.717) is 23.5 Å². The summed E-state index contributed by atoms with van der Waals surface area (Å²) in [5, 5.41) is 13.3. The topological polar surface area (TPSA) is 71.3 Å². The van der Waals surface area contributed by atoms with E-state index in [4.69, 9.17) is 9.47 Å². The van der Waals surface area contributed by atoms with Gasteiger partial charge in [0.05, 0.1) is 31.8 Å². The Balaban J connectivity index is 1.87. The summed E-state index contributed by atoms with van der Waals surface area (Å²) < 4.78 is 11.1. The van der Waals surface area contributed by atoms with Crippen molar-refractivity contribution in [2.45, 2.75) is 25.2 Å². The number of nitrogens with zero attached hydrogens (tertiary/aromatic N) is 1. The van der Waals surface area contributed by atoms with Crippen LogP contribution < -0.4 is 14.8 Å². The molecule has 2 aromatic rings. The quantitative estimate of drug-likeness (QED) is 0.821. The highest BCUT2D eigenvalue weighted by Crippen LogP contribution is 2.49. The van der Waals surface area contributed by atoms with E-state index >= 15 is 0 Å². The molecule has 1 heterocycles.